The van der Waals surface area contributed by atoms with Crippen molar-refractivity contribution in [3.63, 3.8) is 0 Å². The van der Waals surface area contributed by atoms with E-state index in [9.17, 15) is 4.79 Å². The van der Waals surface area contributed by atoms with Gasteiger partial charge in [-0.25, -0.2) is 0 Å². The van der Waals surface area contributed by atoms with Crippen LogP contribution in [0.1, 0.15) is 24.8 Å². The van der Waals surface area contributed by atoms with Gasteiger partial charge in [0.1, 0.15) is 0 Å². The number of carbonyl (C=O) groups is 1. The van der Waals surface area contributed by atoms with Gasteiger partial charge >= 0.3 is 5.97 Å². The van der Waals surface area contributed by atoms with E-state index in [0.717, 1.165) is 12.0 Å². The van der Waals surface area contributed by atoms with Crippen LogP contribution < -0.4 is 0 Å². The van der Waals surface area contributed by atoms with Gasteiger partial charge in [-0.3, -0.25) is 4.79 Å². The summed E-state index contributed by atoms with van der Waals surface area (Å²) in [6.45, 7) is 3.53. The average Bonchev–Trinajstić information content (AvgIpc) is 2.40. The molecule has 0 aliphatic carbocycles. The van der Waals surface area contributed by atoms with Crippen LogP contribution in [0.3, 0.4) is 0 Å². The average molecular weight is 234 g/mol. The molecule has 1 saturated heterocycles. The second kappa shape index (κ2) is 5.82. The van der Waals surface area contributed by atoms with E-state index in [4.69, 9.17) is 9.47 Å². The molecule has 2 atom stereocenters. The van der Waals surface area contributed by atoms with Crippen LogP contribution in [0.4, 0.5) is 0 Å². The van der Waals surface area contributed by atoms with Gasteiger partial charge in [0.05, 0.1) is 19.1 Å². The lowest BCUT2D eigenvalue weighted by Crippen LogP contribution is -2.32. The third-order valence-corrected chi connectivity index (χ3v) is 3.17. The molecule has 2 rings (SSSR count). The van der Waals surface area contributed by atoms with Crippen molar-refractivity contribution in [2.45, 2.75) is 19.3 Å². The van der Waals surface area contributed by atoms with Crippen LogP contribution in [-0.4, -0.2) is 25.8 Å². The quantitative estimate of drug-likeness (QED) is 0.753. The summed E-state index contributed by atoms with van der Waals surface area (Å²) in [5, 5.41) is 0. The van der Waals surface area contributed by atoms with Gasteiger partial charge in [-0.05, 0) is 18.9 Å². The molecular weight excluding hydrogens is 216 g/mol. The minimum absolute atomic E-state index is 0.0638. The van der Waals surface area contributed by atoms with Gasteiger partial charge in [0.2, 0.25) is 0 Å². The summed E-state index contributed by atoms with van der Waals surface area (Å²) in [5.74, 6) is -0.0280. The molecule has 1 aromatic carbocycles. The molecule has 0 radical (unpaired) electrons. The summed E-state index contributed by atoms with van der Waals surface area (Å²) in [7, 11) is 0. The zero-order valence-corrected chi connectivity index (χ0v) is 10.1. The molecule has 3 heteroatoms. The maximum atomic E-state index is 11.9. The van der Waals surface area contributed by atoms with Crippen LogP contribution in [0.25, 0.3) is 0 Å². The van der Waals surface area contributed by atoms with Crippen LogP contribution >= 0.6 is 0 Å². The van der Waals surface area contributed by atoms with E-state index in [0.29, 0.717) is 19.8 Å². The number of hydrogen-bond acceptors (Lipinski definition) is 3. The van der Waals surface area contributed by atoms with E-state index in [-0.39, 0.29) is 17.8 Å². The monoisotopic (exact) mass is 234 g/mol. The van der Waals surface area contributed by atoms with Crippen molar-refractivity contribution in [2.24, 2.45) is 5.92 Å². The Morgan fingerprint density at radius 1 is 1.41 bits per heavy atom. The third-order valence-electron chi connectivity index (χ3n) is 3.17. The lowest BCUT2D eigenvalue weighted by atomic mass is 9.83. The van der Waals surface area contributed by atoms with Gasteiger partial charge < -0.3 is 9.47 Å². The summed E-state index contributed by atoms with van der Waals surface area (Å²) in [6.07, 6.45) is 0.748. The van der Waals surface area contributed by atoms with Gasteiger partial charge in [0, 0.05) is 12.5 Å². The third kappa shape index (κ3) is 2.86. The SMILES string of the molecule is CCOC(=O)C1CCOCC1c1ccccc1. The van der Waals surface area contributed by atoms with Gasteiger partial charge in [-0.15, -0.1) is 0 Å². The van der Waals surface area contributed by atoms with Crippen molar-refractivity contribution in [3.8, 4) is 0 Å². The fraction of sp³-hybridized carbons (Fsp3) is 0.500. The molecule has 1 heterocycles. The van der Waals surface area contributed by atoms with Crippen molar-refractivity contribution >= 4 is 5.97 Å². The lowest BCUT2D eigenvalue weighted by molar-refractivity contribution is -0.152. The van der Waals surface area contributed by atoms with E-state index >= 15 is 0 Å². The van der Waals surface area contributed by atoms with Crippen LogP contribution in [0, 0.1) is 5.92 Å². The Hall–Kier alpha value is -1.35. The predicted octanol–water partition coefficient (Wildman–Crippen LogP) is 2.37. The Morgan fingerprint density at radius 2 is 2.18 bits per heavy atom. The highest BCUT2D eigenvalue weighted by molar-refractivity contribution is 5.74. The van der Waals surface area contributed by atoms with Gasteiger partial charge in [-0.1, -0.05) is 30.3 Å². The Morgan fingerprint density at radius 3 is 2.88 bits per heavy atom. The maximum absolute atomic E-state index is 11.9. The van der Waals surface area contributed by atoms with Crippen LogP contribution in [0.2, 0.25) is 0 Å². The smallest absolute Gasteiger partial charge is 0.309 e. The fourth-order valence-electron chi connectivity index (χ4n) is 2.30. The fourth-order valence-corrected chi connectivity index (χ4v) is 2.30. The molecule has 0 spiro atoms. The summed E-state index contributed by atoms with van der Waals surface area (Å²) in [5.41, 5.74) is 1.16. The summed E-state index contributed by atoms with van der Waals surface area (Å²) >= 11 is 0. The van der Waals surface area contributed by atoms with Crippen molar-refractivity contribution < 1.29 is 14.3 Å². The number of hydrogen-bond donors (Lipinski definition) is 0. The standard InChI is InChI=1S/C14H18O3/c1-2-17-14(15)12-8-9-16-10-13(12)11-6-4-3-5-7-11/h3-7,12-13H,2,8-10H2,1H3. The summed E-state index contributed by atoms with van der Waals surface area (Å²) < 4.78 is 10.6. The normalized spacial score (nSPS) is 24.3. The molecule has 1 aliphatic heterocycles. The first-order valence-corrected chi connectivity index (χ1v) is 6.12. The second-order valence-electron chi connectivity index (χ2n) is 4.24. The largest absolute Gasteiger partial charge is 0.466 e. The van der Waals surface area contributed by atoms with E-state index in [2.05, 4.69) is 0 Å². The maximum Gasteiger partial charge on any atom is 0.309 e. The number of ether oxygens (including phenoxy) is 2. The Labute approximate surface area is 102 Å². The molecule has 0 saturated carbocycles. The Balaban J connectivity index is 2.15. The number of benzene rings is 1. The Bertz CT molecular complexity index is 361. The molecule has 1 fully saturated rings. The van der Waals surface area contributed by atoms with E-state index in [1.807, 2.05) is 37.3 Å². The lowest BCUT2D eigenvalue weighted by Gasteiger charge is -2.30. The zero-order chi connectivity index (χ0) is 12.1. The number of carbonyl (C=O) groups excluding carboxylic acids is 1. The minimum Gasteiger partial charge on any atom is -0.466 e. The second-order valence-corrected chi connectivity index (χ2v) is 4.24. The molecule has 1 aliphatic rings. The van der Waals surface area contributed by atoms with Crippen LogP contribution in [0.5, 0.6) is 0 Å². The minimum atomic E-state index is -0.0929. The first-order chi connectivity index (χ1) is 8.33. The van der Waals surface area contributed by atoms with Crippen LogP contribution in [0.15, 0.2) is 30.3 Å². The van der Waals surface area contributed by atoms with Crippen molar-refractivity contribution in [3.05, 3.63) is 35.9 Å². The predicted molar refractivity (Wildman–Crippen MR) is 64.7 cm³/mol. The summed E-state index contributed by atoms with van der Waals surface area (Å²) in [6, 6.07) is 10.1. The summed E-state index contributed by atoms with van der Waals surface area (Å²) in [4.78, 5) is 11.9. The molecule has 0 aromatic heterocycles. The van der Waals surface area contributed by atoms with Crippen molar-refractivity contribution in [2.75, 3.05) is 19.8 Å². The molecule has 0 amide bonds. The Kier molecular flexibility index (Phi) is 4.15. The van der Waals surface area contributed by atoms with E-state index < -0.39 is 0 Å². The zero-order valence-electron chi connectivity index (χ0n) is 10.1. The topological polar surface area (TPSA) is 35.5 Å². The van der Waals surface area contributed by atoms with Gasteiger partial charge in [0.25, 0.3) is 0 Å². The molecule has 17 heavy (non-hydrogen) atoms. The van der Waals surface area contributed by atoms with Crippen molar-refractivity contribution in [1.82, 2.24) is 0 Å². The molecule has 92 valence electrons. The highest BCUT2D eigenvalue weighted by Crippen LogP contribution is 2.32. The van der Waals surface area contributed by atoms with Crippen molar-refractivity contribution in [1.29, 1.82) is 0 Å². The number of rotatable bonds is 3. The molecule has 1 aromatic rings. The first kappa shape index (κ1) is 12.1. The molecule has 2 unspecified atom stereocenters. The van der Waals surface area contributed by atoms with Gasteiger partial charge in [0.15, 0.2) is 0 Å². The highest BCUT2D eigenvalue weighted by Gasteiger charge is 2.33. The molecular formula is C14H18O3. The number of esters is 1. The van der Waals surface area contributed by atoms with E-state index in [1.165, 1.54) is 0 Å². The molecule has 0 N–H and O–H groups in total. The molecule has 3 nitrogen and oxygen atoms in total. The molecule has 0 bridgehead atoms. The highest BCUT2D eigenvalue weighted by atomic mass is 16.5. The van der Waals surface area contributed by atoms with Crippen LogP contribution in [-0.2, 0) is 14.3 Å². The van der Waals surface area contributed by atoms with Gasteiger partial charge in [-0.2, -0.15) is 0 Å². The first-order valence-electron chi connectivity index (χ1n) is 6.12. The van der Waals surface area contributed by atoms with E-state index in [1.54, 1.807) is 0 Å².